The van der Waals surface area contributed by atoms with Crippen LogP contribution in [0.3, 0.4) is 0 Å². The van der Waals surface area contributed by atoms with Crippen molar-refractivity contribution in [1.82, 2.24) is 20.4 Å². The highest BCUT2D eigenvalue weighted by molar-refractivity contribution is 7.15. The van der Waals surface area contributed by atoms with E-state index in [9.17, 15) is 9.59 Å². The third kappa shape index (κ3) is 2.72. The molecule has 21 heavy (non-hydrogen) atoms. The number of hydrogen-bond acceptors (Lipinski definition) is 6. The summed E-state index contributed by atoms with van der Waals surface area (Å²) in [5.74, 6) is -0.561. The van der Waals surface area contributed by atoms with Crippen LogP contribution in [0.4, 0.5) is 5.13 Å². The molecule has 0 aromatic carbocycles. The molecule has 2 rings (SSSR count). The minimum atomic E-state index is -0.674. The molecule has 3 N–H and O–H groups in total. The molecule has 0 bridgehead atoms. The summed E-state index contributed by atoms with van der Waals surface area (Å²) in [6, 6.07) is 0. The highest BCUT2D eigenvalue weighted by Crippen LogP contribution is 2.35. The van der Waals surface area contributed by atoms with Crippen LogP contribution in [0, 0.1) is 5.92 Å². The molecule has 0 saturated carbocycles. The summed E-state index contributed by atoms with van der Waals surface area (Å²) in [7, 11) is 1.73. The van der Waals surface area contributed by atoms with Gasteiger partial charge in [0, 0.05) is 19.0 Å². The van der Waals surface area contributed by atoms with Gasteiger partial charge in [-0.05, 0) is 27.7 Å². The fourth-order valence-corrected chi connectivity index (χ4v) is 3.13. The minimum absolute atomic E-state index is 0.0156. The smallest absolute Gasteiger partial charge is 0.226 e. The predicted octanol–water partition coefficient (Wildman–Crippen LogP) is 0.728. The van der Waals surface area contributed by atoms with Crippen molar-refractivity contribution < 1.29 is 9.59 Å². The van der Waals surface area contributed by atoms with Crippen LogP contribution in [0.5, 0.6) is 0 Å². The summed E-state index contributed by atoms with van der Waals surface area (Å²) in [5.41, 5.74) is 4.41. The van der Waals surface area contributed by atoms with Gasteiger partial charge in [-0.2, -0.15) is 0 Å². The number of anilines is 1. The number of likely N-dealkylation sites (tertiary alicyclic amines) is 1. The molecule has 1 fully saturated rings. The van der Waals surface area contributed by atoms with Gasteiger partial charge >= 0.3 is 0 Å². The average Bonchev–Trinajstić information content (AvgIpc) is 2.88. The Kier molecular flexibility index (Phi) is 3.69. The maximum absolute atomic E-state index is 12.6. The molecule has 8 heteroatoms. The van der Waals surface area contributed by atoms with E-state index in [4.69, 9.17) is 5.73 Å². The van der Waals surface area contributed by atoms with Gasteiger partial charge in [0.25, 0.3) is 0 Å². The first-order valence-corrected chi connectivity index (χ1v) is 7.55. The van der Waals surface area contributed by atoms with E-state index in [0.717, 1.165) is 0 Å². The first-order chi connectivity index (χ1) is 9.55. The maximum Gasteiger partial charge on any atom is 0.226 e. The zero-order valence-corrected chi connectivity index (χ0v) is 13.7. The van der Waals surface area contributed by atoms with Gasteiger partial charge in [0.1, 0.15) is 5.01 Å². The van der Waals surface area contributed by atoms with Crippen molar-refractivity contribution in [2.75, 3.05) is 12.8 Å². The van der Waals surface area contributed by atoms with E-state index in [2.05, 4.69) is 15.5 Å². The van der Waals surface area contributed by atoms with Crippen molar-refractivity contribution >= 4 is 28.3 Å². The van der Waals surface area contributed by atoms with Gasteiger partial charge in [-0.3, -0.25) is 9.59 Å². The number of amides is 2. The van der Waals surface area contributed by atoms with Crippen molar-refractivity contribution in [3.63, 3.8) is 0 Å². The normalized spacial score (nSPS) is 21.7. The quantitative estimate of drug-likeness (QED) is 0.857. The minimum Gasteiger partial charge on any atom is -0.374 e. The number of nitrogens with one attached hydrogen (secondary N) is 1. The van der Waals surface area contributed by atoms with Crippen molar-refractivity contribution in [3.8, 4) is 0 Å². The van der Waals surface area contributed by atoms with Gasteiger partial charge in [-0.15, -0.1) is 10.2 Å². The van der Waals surface area contributed by atoms with E-state index in [-0.39, 0.29) is 24.2 Å². The highest BCUT2D eigenvalue weighted by Gasteiger charge is 2.48. The van der Waals surface area contributed by atoms with Crippen LogP contribution in [0.1, 0.15) is 39.1 Å². The molecule has 1 aliphatic rings. The van der Waals surface area contributed by atoms with Gasteiger partial charge < -0.3 is 16.0 Å². The number of aromatic nitrogens is 2. The Morgan fingerprint density at radius 3 is 2.52 bits per heavy atom. The lowest BCUT2D eigenvalue weighted by molar-refractivity contribution is -0.129. The first kappa shape index (κ1) is 15.7. The molecule has 0 radical (unpaired) electrons. The van der Waals surface area contributed by atoms with Crippen LogP contribution in [0.2, 0.25) is 0 Å². The van der Waals surface area contributed by atoms with Crippen molar-refractivity contribution in [2.24, 2.45) is 5.92 Å². The summed E-state index contributed by atoms with van der Waals surface area (Å²) in [6.45, 7) is 7.49. The second kappa shape index (κ2) is 4.94. The lowest BCUT2D eigenvalue weighted by atomic mass is 9.87. The number of nitrogens with zero attached hydrogens (tertiary/aromatic N) is 3. The standard InChI is InChI=1S/C13H21N5O2S/c1-12(2,10-16-17-11(14)21-10)15-9(20)7-6-8(19)18(5)13(7,3)4/h7H,6H2,1-5H3,(H2,14,17)(H,15,20). The van der Waals surface area contributed by atoms with E-state index in [0.29, 0.717) is 10.1 Å². The number of rotatable bonds is 3. The summed E-state index contributed by atoms with van der Waals surface area (Å²) in [6.07, 6.45) is 0.226. The zero-order chi connectivity index (χ0) is 16.0. The summed E-state index contributed by atoms with van der Waals surface area (Å²) in [5, 5.41) is 11.7. The van der Waals surface area contributed by atoms with Crippen LogP contribution in [0.15, 0.2) is 0 Å². The molecule has 116 valence electrons. The molecular formula is C13H21N5O2S. The Morgan fingerprint density at radius 2 is 2.10 bits per heavy atom. The summed E-state index contributed by atoms with van der Waals surface area (Å²) in [4.78, 5) is 26.1. The van der Waals surface area contributed by atoms with Gasteiger partial charge in [-0.25, -0.2) is 0 Å². The number of nitrogen functional groups attached to an aromatic ring is 1. The third-order valence-electron chi connectivity index (χ3n) is 4.20. The van der Waals surface area contributed by atoms with Crippen LogP contribution >= 0.6 is 11.3 Å². The molecule has 1 atom stereocenters. The molecule has 1 aliphatic heterocycles. The Labute approximate surface area is 127 Å². The lowest BCUT2D eigenvalue weighted by Crippen LogP contribution is -2.50. The SMILES string of the molecule is CN1C(=O)CC(C(=O)NC(C)(C)c2nnc(N)s2)C1(C)C. The van der Waals surface area contributed by atoms with E-state index in [1.807, 2.05) is 27.7 Å². The average molecular weight is 311 g/mol. The molecule has 1 unspecified atom stereocenters. The summed E-state index contributed by atoms with van der Waals surface area (Å²) >= 11 is 1.24. The fraction of sp³-hybridized carbons (Fsp3) is 0.692. The molecular weight excluding hydrogens is 290 g/mol. The second-order valence-electron chi connectivity index (χ2n) is 6.42. The van der Waals surface area contributed by atoms with Gasteiger partial charge in [0.15, 0.2) is 0 Å². The van der Waals surface area contributed by atoms with Crippen LogP contribution in [-0.4, -0.2) is 39.5 Å². The Hall–Kier alpha value is -1.70. The first-order valence-electron chi connectivity index (χ1n) is 6.74. The predicted molar refractivity (Wildman–Crippen MR) is 80.4 cm³/mol. The molecule has 0 spiro atoms. The molecule has 2 amide bonds. The van der Waals surface area contributed by atoms with Crippen molar-refractivity contribution in [1.29, 1.82) is 0 Å². The van der Waals surface area contributed by atoms with E-state index < -0.39 is 11.1 Å². The van der Waals surface area contributed by atoms with Gasteiger partial charge in [0.2, 0.25) is 16.9 Å². The van der Waals surface area contributed by atoms with Crippen LogP contribution < -0.4 is 11.1 Å². The van der Waals surface area contributed by atoms with E-state index >= 15 is 0 Å². The Bertz CT molecular complexity index is 581. The molecule has 1 aromatic rings. The third-order valence-corrected chi connectivity index (χ3v) is 5.27. The number of carbonyl (C=O) groups excluding carboxylic acids is 2. The molecule has 0 aliphatic carbocycles. The second-order valence-corrected chi connectivity index (χ2v) is 7.43. The van der Waals surface area contributed by atoms with Crippen molar-refractivity contribution in [3.05, 3.63) is 5.01 Å². The van der Waals surface area contributed by atoms with Crippen LogP contribution in [-0.2, 0) is 15.1 Å². The molecule has 1 saturated heterocycles. The number of nitrogens with two attached hydrogens (primary N) is 1. The topological polar surface area (TPSA) is 101 Å². The highest BCUT2D eigenvalue weighted by atomic mass is 32.1. The summed E-state index contributed by atoms with van der Waals surface area (Å²) < 4.78 is 0. The van der Waals surface area contributed by atoms with Gasteiger partial charge in [0.05, 0.1) is 11.5 Å². The molecule has 1 aromatic heterocycles. The lowest BCUT2D eigenvalue weighted by Gasteiger charge is -2.34. The van der Waals surface area contributed by atoms with Crippen molar-refractivity contribution in [2.45, 2.75) is 45.2 Å². The van der Waals surface area contributed by atoms with E-state index in [1.54, 1.807) is 11.9 Å². The van der Waals surface area contributed by atoms with E-state index in [1.165, 1.54) is 11.3 Å². The Balaban J connectivity index is 2.17. The zero-order valence-electron chi connectivity index (χ0n) is 12.9. The number of hydrogen-bond donors (Lipinski definition) is 2. The molecule has 2 heterocycles. The van der Waals surface area contributed by atoms with Crippen LogP contribution in [0.25, 0.3) is 0 Å². The fourth-order valence-electron chi connectivity index (χ4n) is 2.47. The molecule has 7 nitrogen and oxygen atoms in total. The monoisotopic (exact) mass is 311 g/mol. The van der Waals surface area contributed by atoms with Gasteiger partial charge in [-0.1, -0.05) is 11.3 Å². The number of carbonyl (C=O) groups is 2. The maximum atomic E-state index is 12.6. The Morgan fingerprint density at radius 1 is 1.48 bits per heavy atom. The largest absolute Gasteiger partial charge is 0.374 e.